The van der Waals surface area contributed by atoms with E-state index >= 15 is 0 Å². The monoisotopic (exact) mass is 465 g/mol. The van der Waals surface area contributed by atoms with E-state index in [1.807, 2.05) is 41.8 Å². The molecule has 5 nitrogen and oxygen atoms in total. The third kappa shape index (κ3) is 4.98. The molecule has 0 bridgehead atoms. The highest BCUT2D eigenvalue weighted by molar-refractivity contribution is 7.22. The van der Waals surface area contributed by atoms with Gasteiger partial charge in [0.1, 0.15) is 11.7 Å². The van der Waals surface area contributed by atoms with Gasteiger partial charge in [-0.2, -0.15) is 0 Å². The lowest BCUT2D eigenvalue weighted by molar-refractivity contribution is 0.211. The number of piperidine rings is 1. The van der Waals surface area contributed by atoms with Crippen LogP contribution in [0.3, 0.4) is 0 Å². The first-order valence-corrected chi connectivity index (χ1v) is 12.3. The quantitative estimate of drug-likeness (QED) is 0.287. The summed E-state index contributed by atoms with van der Waals surface area (Å²) < 4.78 is 14.2. The minimum absolute atomic E-state index is 0.183. The fourth-order valence-electron chi connectivity index (χ4n) is 3.92. The number of benzene rings is 2. The Kier molecular flexibility index (Phi) is 6.16. The number of nitrogens with zero attached hydrogens (tertiary/aromatic N) is 3. The van der Waals surface area contributed by atoms with Crippen molar-refractivity contribution >= 4 is 49.5 Å². The van der Waals surface area contributed by atoms with Crippen LogP contribution in [0, 0.1) is 5.82 Å². The normalized spacial score (nSPS) is 16.0. The predicted octanol–water partition coefficient (Wildman–Crippen LogP) is 5.61. The summed E-state index contributed by atoms with van der Waals surface area (Å²) >= 11 is 3.25. The molecule has 3 N–H and O–H groups in total. The van der Waals surface area contributed by atoms with Crippen LogP contribution in [-0.2, 0) is 6.54 Å². The van der Waals surface area contributed by atoms with Gasteiger partial charge >= 0.3 is 0 Å². The Morgan fingerprint density at radius 1 is 1.16 bits per heavy atom. The summed E-state index contributed by atoms with van der Waals surface area (Å²) in [7, 11) is 0. The molecule has 0 radical (unpaired) electrons. The lowest BCUT2D eigenvalue weighted by Gasteiger charge is -2.32. The molecule has 0 amide bonds. The van der Waals surface area contributed by atoms with Crippen molar-refractivity contribution in [2.24, 2.45) is 10.7 Å². The third-order valence-corrected chi connectivity index (χ3v) is 7.49. The van der Waals surface area contributed by atoms with Crippen LogP contribution in [0.15, 0.2) is 65.0 Å². The van der Waals surface area contributed by atoms with E-state index in [0.29, 0.717) is 11.9 Å². The number of thiophene rings is 1. The van der Waals surface area contributed by atoms with Gasteiger partial charge in [0.2, 0.25) is 0 Å². The summed E-state index contributed by atoms with van der Waals surface area (Å²) in [6, 6.07) is 17.2. The minimum atomic E-state index is -0.183. The molecule has 3 heterocycles. The number of likely N-dealkylation sites (tertiary alicyclic amines) is 1. The number of aliphatic imine (C=N–C) groups is 1. The summed E-state index contributed by atoms with van der Waals surface area (Å²) in [4.78, 5) is 12.7. The van der Waals surface area contributed by atoms with Crippen LogP contribution in [0.1, 0.15) is 23.3 Å². The van der Waals surface area contributed by atoms with Crippen LogP contribution in [0.25, 0.3) is 10.2 Å². The highest BCUT2D eigenvalue weighted by Crippen LogP contribution is 2.30. The molecule has 2 aromatic carbocycles. The van der Waals surface area contributed by atoms with Crippen molar-refractivity contribution in [3.63, 3.8) is 0 Å². The molecule has 0 spiro atoms. The molecule has 1 saturated heterocycles. The second-order valence-corrected chi connectivity index (χ2v) is 9.94. The van der Waals surface area contributed by atoms with E-state index in [4.69, 9.17) is 10.7 Å². The molecule has 164 valence electrons. The van der Waals surface area contributed by atoms with Gasteiger partial charge in [0, 0.05) is 25.7 Å². The Balaban J connectivity index is 1.19. The standard InChI is InChI=1S/C24H24FN5S2/c25-17-5-3-16(4-6-17)15-30-11-9-18(10-12-30)28-24-29-20-14-19(7-8-21(20)32-24)27-23(26)22-2-1-13-31-22/h1-8,13-14,18H,9-12,15H2,(H2,26,27)(H,28,29). The van der Waals surface area contributed by atoms with Gasteiger partial charge in [-0.15, -0.1) is 11.3 Å². The summed E-state index contributed by atoms with van der Waals surface area (Å²) in [5, 5.41) is 6.56. The van der Waals surface area contributed by atoms with E-state index in [2.05, 4.69) is 21.3 Å². The highest BCUT2D eigenvalue weighted by atomic mass is 32.1. The molecular weight excluding hydrogens is 441 g/mol. The molecule has 32 heavy (non-hydrogen) atoms. The third-order valence-electron chi connectivity index (χ3n) is 5.63. The number of fused-ring (bicyclic) bond motifs is 1. The van der Waals surface area contributed by atoms with Gasteiger partial charge in [0.25, 0.3) is 0 Å². The molecule has 2 aromatic heterocycles. The second-order valence-electron chi connectivity index (χ2n) is 7.97. The number of amidine groups is 1. The zero-order valence-corrected chi connectivity index (χ0v) is 19.1. The van der Waals surface area contributed by atoms with Crippen LogP contribution in [0.4, 0.5) is 15.2 Å². The molecule has 1 aliphatic rings. The maximum absolute atomic E-state index is 13.1. The molecule has 0 saturated carbocycles. The van der Waals surface area contributed by atoms with Crippen molar-refractivity contribution in [2.75, 3.05) is 18.4 Å². The topological polar surface area (TPSA) is 66.5 Å². The molecule has 1 fully saturated rings. The molecule has 0 atom stereocenters. The van der Waals surface area contributed by atoms with E-state index in [-0.39, 0.29) is 5.82 Å². The van der Waals surface area contributed by atoms with E-state index < -0.39 is 0 Å². The number of nitrogens with two attached hydrogens (primary N) is 1. The fraction of sp³-hybridized carbons (Fsp3) is 0.250. The van der Waals surface area contributed by atoms with Crippen LogP contribution >= 0.6 is 22.7 Å². The number of rotatable bonds is 6. The van der Waals surface area contributed by atoms with E-state index in [1.54, 1.807) is 22.7 Å². The molecule has 1 aliphatic heterocycles. The first-order valence-electron chi connectivity index (χ1n) is 10.6. The summed E-state index contributed by atoms with van der Waals surface area (Å²) in [5.74, 6) is 0.345. The van der Waals surface area contributed by atoms with Crippen molar-refractivity contribution in [2.45, 2.75) is 25.4 Å². The van der Waals surface area contributed by atoms with Gasteiger partial charge in [-0.25, -0.2) is 14.4 Å². The van der Waals surface area contributed by atoms with E-state index in [1.165, 1.54) is 12.1 Å². The number of hydrogen-bond acceptors (Lipinski definition) is 6. The van der Waals surface area contributed by atoms with Crippen LogP contribution in [0.5, 0.6) is 0 Å². The van der Waals surface area contributed by atoms with Gasteiger partial charge < -0.3 is 11.1 Å². The van der Waals surface area contributed by atoms with Crippen LogP contribution in [0.2, 0.25) is 0 Å². The number of thiazole rings is 1. The molecule has 5 rings (SSSR count). The number of hydrogen-bond donors (Lipinski definition) is 2. The zero-order valence-electron chi connectivity index (χ0n) is 17.5. The first-order chi connectivity index (χ1) is 15.6. The number of anilines is 1. The lowest BCUT2D eigenvalue weighted by atomic mass is 10.0. The Labute approximate surface area is 194 Å². The fourth-order valence-corrected chi connectivity index (χ4v) is 5.47. The molecule has 0 unspecified atom stereocenters. The van der Waals surface area contributed by atoms with Crippen molar-refractivity contribution < 1.29 is 4.39 Å². The van der Waals surface area contributed by atoms with E-state index in [0.717, 1.165) is 64.0 Å². The second kappa shape index (κ2) is 9.36. The Morgan fingerprint density at radius 2 is 1.97 bits per heavy atom. The molecular formula is C24H24FN5S2. The maximum Gasteiger partial charge on any atom is 0.184 e. The molecule has 8 heteroatoms. The van der Waals surface area contributed by atoms with Gasteiger partial charge in [0.15, 0.2) is 5.13 Å². The zero-order chi connectivity index (χ0) is 21.9. The Morgan fingerprint density at radius 3 is 2.72 bits per heavy atom. The number of halogens is 1. The predicted molar refractivity (Wildman–Crippen MR) is 133 cm³/mol. The average molecular weight is 466 g/mol. The van der Waals surface area contributed by atoms with Gasteiger partial charge in [-0.1, -0.05) is 29.5 Å². The minimum Gasteiger partial charge on any atom is -0.383 e. The van der Waals surface area contributed by atoms with Crippen molar-refractivity contribution in [1.82, 2.24) is 9.88 Å². The van der Waals surface area contributed by atoms with Gasteiger partial charge in [0.05, 0.1) is 20.8 Å². The highest BCUT2D eigenvalue weighted by Gasteiger charge is 2.20. The summed E-state index contributed by atoms with van der Waals surface area (Å²) in [6.45, 7) is 2.90. The first kappa shape index (κ1) is 21.1. The maximum atomic E-state index is 13.1. The van der Waals surface area contributed by atoms with Crippen LogP contribution in [-0.4, -0.2) is 34.9 Å². The SMILES string of the molecule is NC(=Nc1ccc2sc(NC3CCN(Cc4ccc(F)cc4)CC3)nc2c1)c1cccs1. The number of aromatic nitrogens is 1. The summed E-state index contributed by atoms with van der Waals surface area (Å²) in [6.07, 6.45) is 2.12. The van der Waals surface area contributed by atoms with Crippen LogP contribution < -0.4 is 11.1 Å². The van der Waals surface area contributed by atoms with Crippen molar-refractivity contribution in [3.8, 4) is 0 Å². The van der Waals surface area contributed by atoms with Crippen molar-refractivity contribution in [1.29, 1.82) is 0 Å². The van der Waals surface area contributed by atoms with Gasteiger partial charge in [-0.05, 0) is 60.2 Å². The smallest absolute Gasteiger partial charge is 0.184 e. The molecule has 0 aliphatic carbocycles. The Hall–Kier alpha value is -2.81. The van der Waals surface area contributed by atoms with E-state index in [9.17, 15) is 4.39 Å². The average Bonchev–Trinajstić information content (AvgIpc) is 3.46. The lowest BCUT2D eigenvalue weighted by Crippen LogP contribution is -2.38. The van der Waals surface area contributed by atoms with Gasteiger partial charge in [-0.3, -0.25) is 4.90 Å². The number of nitrogens with one attached hydrogen (secondary N) is 1. The largest absolute Gasteiger partial charge is 0.383 e. The Bertz CT molecular complexity index is 1210. The van der Waals surface area contributed by atoms with Crippen molar-refractivity contribution in [3.05, 3.63) is 76.2 Å². The molecule has 4 aromatic rings. The summed E-state index contributed by atoms with van der Waals surface area (Å²) in [5.41, 5.74) is 9.03.